The zero-order chi connectivity index (χ0) is 16.9. The van der Waals surface area contributed by atoms with Crippen LogP contribution in [-0.2, 0) is 16.1 Å². The smallest absolute Gasteiger partial charge is 0.277 e. The minimum Gasteiger partial charge on any atom is -0.393 e. The highest BCUT2D eigenvalue weighted by atomic mass is 35.5. The van der Waals surface area contributed by atoms with Crippen molar-refractivity contribution in [3.05, 3.63) is 59.1 Å². The van der Waals surface area contributed by atoms with Crippen molar-refractivity contribution in [1.29, 1.82) is 0 Å². The van der Waals surface area contributed by atoms with E-state index in [9.17, 15) is 9.90 Å². The molecule has 0 heterocycles. The molecule has 0 aliphatic rings. The minimum absolute atomic E-state index is 0.130. The highest BCUT2D eigenvalue weighted by Crippen LogP contribution is 2.22. The van der Waals surface area contributed by atoms with E-state index in [1.54, 1.807) is 0 Å². The van der Waals surface area contributed by atoms with Crippen LogP contribution in [0.25, 0.3) is 11.1 Å². The Morgan fingerprint density at radius 1 is 1.13 bits per heavy atom. The monoisotopic (exact) mass is 335 g/mol. The summed E-state index contributed by atoms with van der Waals surface area (Å²) in [5.41, 5.74) is 2.91. The lowest BCUT2D eigenvalue weighted by Gasteiger charge is -2.25. The van der Waals surface area contributed by atoms with E-state index in [4.69, 9.17) is 21.5 Å². The molecule has 1 amide bonds. The fraction of sp³-hybridized carbons (Fsp3) is 0.235. The Morgan fingerprint density at radius 2 is 1.65 bits per heavy atom. The highest BCUT2D eigenvalue weighted by molar-refractivity contribution is 6.30. The molecule has 0 aromatic heterocycles. The molecule has 2 aromatic carbocycles. The summed E-state index contributed by atoms with van der Waals surface area (Å²) in [6.45, 7) is 0.994. The van der Waals surface area contributed by atoms with Gasteiger partial charge in [-0.2, -0.15) is 0 Å². The van der Waals surface area contributed by atoms with Crippen LogP contribution in [0, 0.1) is 0 Å². The van der Waals surface area contributed by atoms with Crippen molar-refractivity contribution in [1.82, 2.24) is 5.48 Å². The van der Waals surface area contributed by atoms with Gasteiger partial charge >= 0.3 is 0 Å². The van der Waals surface area contributed by atoms with Gasteiger partial charge in [-0.3, -0.25) is 10.0 Å². The predicted octanol–water partition coefficient (Wildman–Crippen LogP) is 2.78. The number of benzene rings is 2. The number of rotatable bonds is 6. The normalized spacial score (nSPS) is 13.4. The van der Waals surface area contributed by atoms with Gasteiger partial charge in [-0.15, -0.1) is 0 Å². The highest BCUT2D eigenvalue weighted by Gasteiger charge is 2.33. The SMILES string of the molecule is CC(CO)(OCc1ccc(-c2ccc(Cl)cc2)cc1)C(=O)NO. The second-order valence-electron chi connectivity index (χ2n) is 5.32. The van der Waals surface area contributed by atoms with Gasteiger partial charge in [-0.25, -0.2) is 5.48 Å². The average molecular weight is 336 g/mol. The quantitative estimate of drug-likeness (QED) is 0.560. The summed E-state index contributed by atoms with van der Waals surface area (Å²) in [5.74, 6) is -0.794. The van der Waals surface area contributed by atoms with Crippen LogP contribution in [-0.4, -0.2) is 28.4 Å². The molecular weight excluding hydrogens is 318 g/mol. The molecule has 0 saturated heterocycles. The predicted molar refractivity (Wildman–Crippen MR) is 87.1 cm³/mol. The Labute approximate surface area is 139 Å². The molecule has 2 aromatic rings. The Bertz CT molecular complexity index is 657. The maximum absolute atomic E-state index is 11.5. The summed E-state index contributed by atoms with van der Waals surface area (Å²) in [6.07, 6.45) is 0. The van der Waals surface area contributed by atoms with Crippen molar-refractivity contribution < 1.29 is 19.8 Å². The molecule has 122 valence electrons. The van der Waals surface area contributed by atoms with Gasteiger partial charge in [0, 0.05) is 5.02 Å². The second kappa shape index (κ2) is 7.57. The first kappa shape index (κ1) is 17.4. The van der Waals surface area contributed by atoms with E-state index in [-0.39, 0.29) is 6.61 Å². The summed E-state index contributed by atoms with van der Waals surface area (Å²) in [7, 11) is 0. The molecule has 0 radical (unpaired) electrons. The molecule has 0 aliphatic heterocycles. The fourth-order valence-electron chi connectivity index (χ4n) is 1.98. The molecule has 2 rings (SSSR count). The van der Waals surface area contributed by atoms with Crippen LogP contribution in [0.15, 0.2) is 48.5 Å². The summed E-state index contributed by atoms with van der Waals surface area (Å²) in [5, 5.41) is 18.6. The van der Waals surface area contributed by atoms with Crippen LogP contribution >= 0.6 is 11.6 Å². The summed E-state index contributed by atoms with van der Waals surface area (Å²) in [4.78, 5) is 11.5. The second-order valence-corrected chi connectivity index (χ2v) is 5.76. The van der Waals surface area contributed by atoms with Crippen LogP contribution in [0.3, 0.4) is 0 Å². The van der Waals surface area contributed by atoms with E-state index in [0.29, 0.717) is 5.02 Å². The number of hydrogen-bond acceptors (Lipinski definition) is 4. The number of amides is 1. The summed E-state index contributed by atoms with van der Waals surface area (Å²) in [6, 6.07) is 15.1. The number of aliphatic hydroxyl groups is 1. The van der Waals surface area contributed by atoms with Crippen molar-refractivity contribution in [2.45, 2.75) is 19.1 Å². The molecule has 6 heteroatoms. The number of aliphatic hydroxyl groups excluding tert-OH is 1. The molecule has 1 unspecified atom stereocenters. The van der Waals surface area contributed by atoms with Crippen molar-refractivity contribution in [2.75, 3.05) is 6.61 Å². The Hall–Kier alpha value is -1.92. The van der Waals surface area contributed by atoms with Gasteiger partial charge in [0.25, 0.3) is 5.91 Å². The van der Waals surface area contributed by atoms with Gasteiger partial charge in [0.1, 0.15) is 0 Å². The van der Waals surface area contributed by atoms with Crippen molar-refractivity contribution in [3.8, 4) is 11.1 Å². The number of carbonyl (C=O) groups excluding carboxylic acids is 1. The third-order valence-electron chi connectivity index (χ3n) is 3.57. The molecule has 0 spiro atoms. The van der Waals surface area contributed by atoms with Gasteiger partial charge in [0.05, 0.1) is 13.2 Å². The van der Waals surface area contributed by atoms with Gasteiger partial charge in [0.2, 0.25) is 0 Å². The van der Waals surface area contributed by atoms with Crippen molar-refractivity contribution >= 4 is 17.5 Å². The third-order valence-corrected chi connectivity index (χ3v) is 3.82. The molecular formula is C17H18ClNO4. The number of hydrogen-bond donors (Lipinski definition) is 3. The molecule has 5 nitrogen and oxygen atoms in total. The molecule has 0 bridgehead atoms. The first-order chi connectivity index (χ1) is 11.0. The van der Waals surface area contributed by atoms with Crippen LogP contribution in [0.1, 0.15) is 12.5 Å². The number of hydroxylamine groups is 1. The largest absolute Gasteiger partial charge is 0.393 e. The van der Waals surface area contributed by atoms with Crippen LogP contribution in [0.2, 0.25) is 5.02 Å². The fourth-order valence-corrected chi connectivity index (χ4v) is 2.11. The topological polar surface area (TPSA) is 78.8 Å². The zero-order valence-electron chi connectivity index (χ0n) is 12.6. The van der Waals surface area contributed by atoms with Gasteiger partial charge in [-0.1, -0.05) is 48.0 Å². The average Bonchev–Trinajstić information content (AvgIpc) is 2.60. The molecule has 0 saturated carbocycles. The molecule has 0 fully saturated rings. The van der Waals surface area contributed by atoms with Gasteiger partial charge in [-0.05, 0) is 35.7 Å². The van der Waals surface area contributed by atoms with E-state index in [0.717, 1.165) is 16.7 Å². The van der Waals surface area contributed by atoms with Crippen molar-refractivity contribution in [3.63, 3.8) is 0 Å². The van der Waals surface area contributed by atoms with E-state index >= 15 is 0 Å². The maximum atomic E-state index is 11.5. The Morgan fingerprint density at radius 3 is 2.13 bits per heavy atom. The first-order valence-corrected chi connectivity index (χ1v) is 7.40. The number of halogens is 1. The number of ether oxygens (including phenoxy) is 1. The van der Waals surface area contributed by atoms with E-state index in [2.05, 4.69) is 0 Å². The summed E-state index contributed by atoms with van der Waals surface area (Å²) < 4.78 is 5.44. The zero-order valence-corrected chi connectivity index (χ0v) is 13.4. The lowest BCUT2D eigenvalue weighted by Crippen LogP contribution is -2.48. The Kier molecular flexibility index (Phi) is 5.74. The lowest BCUT2D eigenvalue weighted by atomic mass is 10.0. The summed E-state index contributed by atoms with van der Waals surface area (Å²) >= 11 is 5.87. The van der Waals surface area contributed by atoms with Crippen molar-refractivity contribution in [2.24, 2.45) is 0 Å². The molecule has 3 N–H and O–H groups in total. The maximum Gasteiger partial charge on any atom is 0.277 e. The minimum atomic E-state index is -1.50. The van der Waals surface area contributed by atoms with E-state index in [1.807, 2.05) is 48.5 Å². The first-order valence-electron chi connectivity index (χ1n) is 7.03. The number of nitrogens with one attached hydrogen (secondary N) is 1. The van der Waals surface area contributed by atoms with Crippen LogP contribution < -0.4 is 5.48 Å². The molecule has 1 atom stereocenters. The van der Waals surface area contributed by atoms with E-state index in [1.165, 1.54) is 12.4 Å². The molecule has 23 heavy (non-hydrogen) atoms. The standard InChI is InChI=1S/C17H18ClNO4/c1-17(11-20,16(21)19-22)23-10-12-2-4-13(5-3-12)14-6-8-15(18)9-7-14/h2-9,20,22H,10-11H2,1H3,(H,19,21). The van der Waals surface area contributed by atoms with Crippen LogP contribution in [0.5, 0.6) is 0 Å². The van der Waals surface area contributed by atoms with Gasteiger partial charge < -0.3 is 9.84 Å². The van der Waals surface area contributed by atoms with Crippen LogP contribution in [0.4, 0.5) is 0 Å². The third kappa shape index (κ3) is 4.30. The Balaban J connectivity index is 2.05. The van der Waals surface area contributed by atoms with Gasteiger partial charge in [0.15, 0.2) is 5.60 Å². The van der Waals surface area contributed by atoms with E-state index < -0.39 is 18.1 Å². The lowest BCUT2D eigenvalue weighted by molar-refractivity contribution is -0.161. The number of carbonyl (C=O) groups is 1. The molecule has 0 aliphatic carbocycles.